The van der Waals surface area contributed by atoms with Crippen molar-refractivity contribution in [1.29, 1.82) is 0 Å². The molecule has 28 heavy (non-hydrogen) atoms. The van der Waals surface area contributed by atoms with E-state index in [1.807, 2.05) is 18.2 Å². The molecule has 1 aromatic carbocycles. The third-order valence-electron chi connectivity index (χ3n) is 5.70. The highest BCUT2D eigenvalue weighted by Crippen LogP contribution is 2.33. The second-order valence-corrected chi connectivity index (χ2v) is 8.72. The number of ether oxygens (including phenoxy) is 2. The number of piperidine rings is 1. The number of nitrogens with one attached hydrogen (secondary N) is 1. The molecule has 1 amide bonds. The number of rotatable bonds is 7. The Morgan fingerprint density at radius 2 is 2.07 bits per heavy atom. The lowest BCUT2D eigenvalue weighted by Crippen LogP contribution is -2.41. The van der Waals surface area contributed by atoms with Crippen LogP contribution in [0.25, 0.3) is 0 Å². The van der Waals surface area contributed by atoms with Gasteiger partial charge in [0.2, 0.25) is 12.7 Å². The third-order valence-corrected chi connectivity index (χ3v) is 6.67. The summed E-state index contributed by atoms with van der Waals surface area (Å²) in [6.45, 7) is 5.50. The summed E-state index contributed by atoms with van der Waals surface area (Å²) in [6.07, 6.45) is 3.65. The minimum Gasteiger partial charge on any atom is -0.454 e. The van der Waals surface area contributed by atoms with E-state index in [0.29, 0.717) is 19.4 Å². The van der Waals surface area contributed by atoms with Gasteiger partial charge < -0.3 is 14.8 Å². The molecule has 1 unspecified atom stereocenters. The first-order valence-electron chi connectivity index (χ1n) is 10.1. The van der Waals surface area contributed by atoms with E-state index in [2.05, 4.69) is 34.7 Å². The zero-order valence-corrected chi connectivity index (χ0v) is 17.2. The van der Waals surface area contributed by atoms with E-state index >= 15 is 0 Å². The number of carbonyl (C=O) groups is 1. The number of fused-ring (bicyclic) bond motifs is 1. The van der Waals surface area contributed by atoms with Crippen LogP contribution in [0.4, 0.5) is 0 Å². The van der Waals surface area contributed by atoms with Gasteiger partial charge in [-0.15, -0.1) is 11.3 Å². The first-order chi connectivity index (χ1) is 13.7. The van der Waals surface area contributed by atoms with Crippen molar-refractivity contribution in [3.8, 4) is 11.5 Å². The van der Waals surface area contributed by atoms with E-state index in [9.17, 15) is 4.79 Å². The van der Waals surface area contributed by atoms with Crippen LogP contribution in [-0.2, 0) is 11.2 Å². The van der Waals surface area contributed by atoms with Crippen LogP contribution in [0.5, 0.6) is 11.5 Å². The highest BCUT2D eigenvalue weighted by atomic mass is 32.1. The molecular formula is C22H28N2O3S. The molecule has 3 heterocycles. The number of amides is 1. The maximum absolute atomic E-state index is 12.5. The fourth-order valence-electron chi connectivity index (χ4n) is 3.88. The van der Waals surface area contributed by atoms with Crippen molar-refractivity contribution in [1.82, 2.24) is 10.2 Å². The van der Waals surface area contributed by atoms with Crippen LogP contribution >= 0.6 is 11.3 Å². The number of aryl methyl sites for hydroxylation is 1. The Labute approximate surface area is 170 Å². The smallest absolute Gasteiger partial charge is 0.231 e. The number of likely N-dealkylation sites (tertiary alicyclic amines) is 1. The van der Waals surface area contributed by atoms with E-state index in [0.717, 1.165) is 36.1 Å². The lowest BCUT2D eigenvalue weighted by molar-refractivity contribution is -0.121. The summed E-state index contributed by atoms with van der Waals surface area (Å²) >= 11 is 1.78. The SMILES string of the molecule is CC1CCN(C(CNC(=O)CCc2ccc3c(c2)OCO3)c2cccs2)CC1. The monoisotopic (exact) mass is 400 g/mol. The van der Waals surface area contributed by atoms with Gasteiger partial charge in [0.15, 0.2) is 11.5 Å². The topological polar surface area (TPSA) is 50.8 Å². The van der Waals surface area contributed by atoms with Crippen molar-refractivity contribution < 1.29 is 14.3 Å². The van der Waals surface area contributed by atoms with Gasteiger partial charge in [-0.3, -0.25) is 9.69 Å². The van der Waals surface area contributed by atoms with Gasteiger partial charge in [0.25, 0.3) is 0 Å². The second kappa shape index (κ2) is 8.97. The molecule has 5 nitrogen and oxygen atoms in total. The molecule has 2 aliphatic rings. The molecule has 1 saturated heterocycles. The predicted molar refractivity (Wildman–Crippen MR) is 111 cm³/mol. The van der Waals surface area contributed by atoms with Gasteiger partial charge in [-0.1, -0.05) is 19.1 Å². The normalized spacial score (nSPS) is 18.2. The average Bonchev–Trinajstić information content (AvgIpc) is 3.39. The Morgan fingerprint density at radius 1 is 1.25 bits per heavy atom. The average molecular weight is 401 g/mol. The molecule has 4 rings (SSSR count). The van der Waals surface area contributed by atoms with Gasteiger partial charge in [-0.2, -0.15) is 0 Å². The number of hydrogen-bond acceptors (Lipinski definition) is 5. The first kappa shape index (κ1) is 19.3. The number of nitrogens with zero attached hydrogens (tertiary/aromatic N) is 1. The molecule has 0 spiro atoms. The largest absolute Gasteiger partial charge is 0.454 e. The molecule has 1 aromatic heterocycles. The fraction of sp³-hybridized carbons (Fsp3) is 0.500. The highest BCUT2D eigenvalue weighted by molar-refractivity contribution is 7.10. The fourth-order valence-corrected chi connectivity index (χ4v) is 4.74. The zero-order valence-electron chi connectivity index (χ0n) is 16.4. The van der Waals surface area contributed by atoms with Crippen LogP contribution in [0, 0.1) is 5.92 Å². The van der Waals surface area contributed by atoms with E-state index in [1.54, 1.807) is 11.3 Å². The Morgan fingerprint density at radius 3 is 2.86 bits per heavy atom. The lowest BCUT2D eigenvalue weighted by atomic mass is 9.97. The van der Waals surface area contributed by atoms with Crippen LogP contribution in [0.1, 0.15) is 42.7 Å². The van der Waals surface area contributed by atoms with Crippen LogP contribution in [-0.4, -0.2) is 37.2 Å². The number of carbonyl (C=O) groups excluding carboxylic acids is 1. The summed E-state index contributed by atoms with van der Waals surface area (Å²) in [7, 11) is 0. The Balaban J connectivity index is 1.30. The minimum atomic E-state index is 0.101. The zero-order chi connectivity index (χ0) is 19.3. The second-order valence-electron chi connectivity index (χ2n) is 7.74. The van der Waals surface area contributed by atoms with Crippen molar-refractivity contribution in [3.05, 3.63) is 46.2 Å². The van der Waals surface area contributed by atoms with E-state index in [-0.39, 0.29) is 18.7 Å². The van der Waals surface area contributed by atoms with E-state index in [1.165, 1.54) is 17.7 Å². The standard InChI is InChI=1S/C22H28N2O3S/c1-16-8-10-24(11-9-16)18(21-3-2-12-28-21)14-23-22(25)7-5-17-4-6-19-20(13-17)27-15-26-19/h2-4,6,12-13,16,18H,5,7-11,14-15H2,1H3,(H,23,25). The van der Waals surface area contributed by atoms with Gasteiger partial charge in [0.1, 0.15) is 0 Å². The molecule has 2 aliphatic heterocycles. The molecule has 0 bridgehead atoms. The van der Waals surface area contributed by atoms with Crippen molar-refractivity contribution in [2.75, 3.05) is 26.4 Å². The molecule has 0 radical (unpaired) electrons. The van der Waals surface area contributed by atoms with Crippen molar-refractivity contribution >= 4 is 17.2 Å². The molecule has 0 saturated carbocycles. The summed E-state index contributed by atoms with van der Waals surface area (Å²) in [6, 6.07) is 10.5. The van der Waals surface area contributed by atoms with Gasteiger partial charge in [-0.25, -0.2) is 0 Å². The first-order valence-corrected chi connectivity index (χ1v) is 11.0. The number of benzene rings is 1. The van der Waals surface area contributed by atoms with Crippen LogP contribution in [0.15, 0.2) is 35.7 Å². The number of thiophene rings is 1. The van der Waals surface area contributed by atoms with Crippen molar-refractivity contribution in [2.24, 2.45) is 5.92 Å². The maximum atomic E-state index is 12.5. The molecule has 6 heteroatoms. The summed E-state index contributed by atoms with van der Waals surface area (Å²) in [5, 5.41) is 5.29. The van der Waals surface area contributed by atoms with Crippen LogP contribution in [0.3, 0.4) is 0 Å². The Kier molecular flexibility index (Phi) is 6.17. The van der Waals surface area contributed by atoms with Gasteiger partial charge in [-0.05, 0) is 67.4 Å². The van der Waals surface area contributed by atoms with Gasteiger partial charge in [0.05, 0.1) is 6.04 Å². The molecular weight excluding hydrogens is 372 g/mol. The molecule has 1 N–H and O–H groups in total. The highest BCUT2D eigenvalue weighted by Gasteiger charge is 2.25. The minimum absolute atomic E-state index is 0.101. The van der Waals surface area contributed by atoms with Crippen molar-refractivity contribution in [2.45, 2.75) is 38.6 Å². The summed E-state index contributed by atoms with van der Waals surface area (Å²) in [5.41, 5.74) is 1.10. The summed E-state index contributed by atoms with van der Waals surface area (Å²) in [4.78, 5) is 16.3. The van der Waals surface area contributed by atoms with Gasteiger partial charge >= 0.3 is 0 Å². The molecule has 1 atom stereocenters. The van der Waals surface area contributed by atoms with E-state index < -0.39 is 0 Å². The Bertz CT molecular complexity index is 785. The van der Waals surface area contributed by atoms with E-state index in [4.69, 9.17) is 9.47 Å². The lowest BCUT2D eigenvalue weighted by Gasteiger charge is -2.36. The number of hydrogen-bond donors (Lipinski definition) is 1. The summed E-state index contributed by atoms with van der Waals surface area (Å²) < 4.78 is 10.8. The molecule has 2 aromatic rings. The molecule has 0 aliphatic carbocycles. The van der Waals surface area contributed by atoms with Gasteiger partial charge in [0, 0.05) is 17.8 Å². The Hall–Kier alpha value is -2.05. The van der Waals surface area contributed by atoms with Crippen molar-refractivity contribution in [3.63, 3.8) is 0 Å². The van der Waals surface area contributed by atoms with Crippen LogP contribution < -0.4 is 14.8 Å². The molecule has 1 fully saturated rings. The van der Waals surface area contributed by atoms with Crippen LogP contribution in [0.2, 0.25) is 0 Å². The predicted octanol–water partition coefficient (Wildman–Crippen LogP) is 4.00. The third kappa shape index (κ3) is 4.67. The quantitative estimate of drug-likeness (QED) is 0.763. The molecule has 150 valence electrons. The summed E-state index contributed by atoms with van der Waals surface area (Å²) in [5.74, 6) is 2.46. The maximum Gasteiger partial charge on any atom is 0.231 e.